The molecule has 0 bridgehead atoms. The predicted molar refractivity (Wildman–Crippen MR) is 57.5 cm³/mol. The van der Waals surface area contributed by atoms with Crippen molar-refractivity contribution >= 4 is 0 Å². The number of furan rings is 1. The van der Waals surface area contributed by atoms with Crippen molar-refractivity contribution in [2.45, 2.75) is 6.04 Å². The number of rotatable bonds is 4. The molecule has 0 radical (unpaired) electrons. The quantitative estimate of drug-likeness (QED) is 0.862. The topological polar surface area (TPSA) is 48.4 Å². The van der Waals surface area contributed by atoms with Gasteiger partial charge in [0, 0.05) is 6.07 Å². The van der Waals surface area contributed by atoms with Gasteiger partial charge in [0.05, 0.1) is 12.3 Å². The Kier molecular flexibility index (Phi) is 3.22. The van der Waals surface area contributed by atoms with Crippen LogP contribution in [0.15, 0.2) is 47.1 Å². The standard InChI is InChI=1S/C12H12FNO2/c13-9-3-1-4-10(7-9)16-8-11(14)12-5-2-6-15-12/h1-7,11H,8,14H2. The fourth-order valence-electron chi connectivity index (χ4n) is 1.33. The molecule has 0 aliphatic rings. The van der Waals surface area contributed by atoms with E-state index < -0.39 is 0 Å². The molecular formula is C12H12FNO2. The molecule has 2 N–H and O–H groups in total. The molecule has 0 amide bonds. The summed E-state index contributed by atoms with van der Waals surface area (Å²) in [6.07, 6.45) is 1.55. The first-order valence-corrected chi connectivity index (χ1v) is 4.93. The first-order chi connectivity index (χ1) is 7.75. The van der Waals surface area contributed by atoms with Gasteiger partial charge in [0.1, 0.15) is 23.9 Å². The molecule has 0 aliphatic heterocycles. The Hall–Kier alpha value is -1.81. The second-order valence-electron chi connectivity index (χ2n) is 3.39. The summed E-state index contributed by atoms with van der Waals surface area (Å²) >= 11 is 0. The van der Waals surface area contributed by atoms with E-state index in [1.807, 2.05) is 0 Å². The molecule has 1 aromatic heterocycles. The third-order valence-electron chi connectivity index (χ3n) is 2.13. The van der Waals surface area contributed by atoms with Crippen LogP contribution in [0.5, 0.6) is 5.75 Å². The summed E-state index contributed by atoms with van der Waals surface area (Å²) in [5.74, 6) is 0.780. The summed E-state index contributed by atoms with van der Waals surface area (Å²) in [5.41, 5.74) is 5.81. The minimum absolute atomic E-state index is 0.247. The van der Waals surface area contributed by atoms with Gasteiger partial charge in [-0.05, 0) is 24.3 Å². The van der Waals surface area contributed by atoms with E-state index in [0.717, 1.165) is 0 Å². The Morgan fingerprint density at radius 2 is 2.19 bits per heavy atom. The van der Waals surface area contributed by atoms with Gasteiger partial charge in [0.15, 0.2) is 0 Å². The summed E-state index contributed by atoms with van der Waals surface area (Å²) in [6, 6.07) is 9.13. The predicted octanol–water partition coefficient (Wildman–Crippen LogP) is 2.50. The van der Waals surface area contributed by atoms with Crippen molar-refractivity contribution in [3.05, 3.63) is 54.2 Å². The number of hydrogen-bond donors (Lipinski definition) is 1. The number of halogens is 1. The number of benzene rings is 1. The molecular weight excluding hydrogens is 209 g/mol. The normalized spacial score (nSPS) is 12.4. The van der Waals surface area contributed by atoms with Gasteiger partial charge in [-0.3, -0.25) is 0 Å². The monoisotopic (exact) mass is 221 g/mol. The Morgan fingerprint density at radius 3 is 2.88 bits per heavy atom. The summed E-state index contributed by atoms with van der Waals surface area (Å²) in [6.45, 7) is 0.247. The van der Waals surface area contributed by atoms with Crippen LogP contribution >= 0.6 is 0 Å². The lowest BCUT2D eigenvalue weighted by Gasteiger charge is -2.10. The van der Waals surface area contributed by atoms with Crippen molar-refractivity contribution in [2.75, 3.05) is 6.61 Å². The summed E-state index contributed by atoms with van der Waals surface area (Å²) < 4.78 is 23.3. The van der Waals surface area contributed by atoms with E-state index in [0.29, 0.717) is 11.5 Å². The molecule has 1 unspecified atom stereocenters. The molecule has 0 saturated heterocycles. The smallest absolute Gasteiger partial charge is 0.126 e. The summed E-state index contributed by atoms with van der Waals surface area (Å²) in [7, 11) is 0. The Bertz CT molecular complexity index is 442. The van der Waals surface area contributed by atoms with E-state index in [1.165, 1.54) is 12.1 Å². The minimum Gasteiger partial charge on any atom is -0.491 e. The second-order valence-corrected chi connectivity index (χ2v) is 3.39. The molecule has 0 aliphatic carbocycles. The maximum Gasteiger partial charge on any atom is 0.126 e. The largest absolute Gasteiger partial charge is 0.491 e. The van der Waals surface area contributed by atoms with Gasteiger partial charge in [-0.25, -0.2) is 4.39 Å². The van der Waals surface area contributed by atoms with E-state index in [9.17, 15) is 4.39 Å². The lowest BCUT2D eigenvalue weighted by atomic mass is 10.2. The first kappa shape index (κ1) is 10.7. The van der Waals surface area contributed by atoms with Crippen molar-refractivity contribution in [3.8, 4) is 5.75 Å². The highest BCUT2D eigenvalue weighted by molar-refractivity contribution is 5.22. The van der Waals surface area contributed by atoms with Gasteiger partial charge in [0.2, 0.25) is 0 Å². The van der Waals surface area contributed by atoms with Crippen LogP contribution in [-0.4, -0.2) is 6.61 Å². The van der Waals surface area contributed by atoms with Gasteiger partial charge < -0.3 is 14.9 Å². The summed E-state index contributed by atoms with van der Waals surface area (Å²) in [4.78, 5) is 0. The van der Waals surface area contributed by atoms with Gasteiger partial charge in [0.25, 0.3) is 0 Å². The highest BCUT2D eigenvalue weighted by Crippen LogP contribution is 2.15. The van der Waals surface area contributed by atoms with Crippen LogP contribution in [0.25, 0.3) is 0 Å². The average molecular weight is 221 g/mol. The van der Waals surface area contributed by atoms with Crippen molar-refractivity contribution in [1.29, 1.82) is 0 Å². The molecule has 0 spiro atoms. The summed E-state index contributed by atoms with van der Waals surface area (Å²) in [5, 5.41) is 0. The first-order valence-electron chi connectivity index (χ1n) is 4.93. The van der Waals surface area contributed by atoms with Crippen molar-refractivity contribution in [2.24, 2.45) is 5.73 Å². The molecule has 0 saturated carbocycles. The van der Waals surface area contributed by atoms with E-state index >= 15 is 0 Å². The van der Waals surface area contributed by atoms with Crippen molar-refractivity contribution < 1.29 is 13.5 Å². The maximum atomic E-state index is 12.8. The lowest BCUT2D eigenvalue weighted by molar-refractivity contribution is 0.272. The Labute approximate surface area is 92.6 Å². The van der Waals surface area contributed by atoms with E-state index in [4.69, 9.17) is 14.9 Å². The third kappa shape index (κ3) is 2.61. The van der Waals surface area contributed by atoms with Gasteiger partial charge in [-0.2, -0.15) is 0 Å². The second kappa shape index (κ2) is 4.81. The fraction of sp³-hybridized carbons (Fsp3) is 0.167. The molecule has 16 heavy (non-hydrogen) atoms. The van der Waals surface area contributed by atoms with Gasteiger partial charge >= 0.3 is 0 Å². The molecule has 2 rings (SSSR count). The van der Waals surface area contributed by atoms with Crippen LogP contribution in [0.2, 0.25) is 0 Å². The molecule has 3 nitrogen and oxygen atoms in total. The van der Waals surface area contributed by atoms with Crippen LogP contribution < -0.4 is 10.5 Å². The minimum atomic E-state index is -0.349. The maximum absolute atomic E-state index is 12.8. The fourth-order valence-corrected chi connectivity index (χ4v) is 1.33. The zero-order valence-electron chi connectivity index (χ0n) is 8.60. The zero-order valence-corrected chi connectivity index (χ0v) is 8.60. The number of ether oxygens (including phenoxy) is 1. The molecule has 1 atom stereocenters. The highest BCUT2D eigenvalue weighted by Gasteiger charge is 2.09. The van der Waals surface area contributed by atoms with Crippen LogP contribution in [0.1, 0.15) is 11.8 Å². The van der Waals surface area contributed by atoms with Crippen molar-refractivity contribution in [1.82, 2.24) is 0 Å². The van der Waals surface area contributed by atoms with E-state index in [2.05, 4.69) is 0 Å². The molecule has 84 valence electrons. The number of hydrogen-bond acceptors (Lipinski definition) is 3. The Balaban J connectivity index is 1.92. The van der Waals surface area contributed by atoms with E-state index in [1.54, 1.807) is 30.5 Å². The van der Waals surface area contributed by atoms with Gasteiger partial charge in [-0.1, -0.05) is 6.07 Å². The van der Waals surface area contributed by atoms with Gasteiger partial charge in [-0.15, -0.1) is 0 Å². The zero-order chi connectivity index (χ0) is 11.4. The molecule has 1 heterocycles. The SMILES string of the molecule is NC(COc1cccc(F)c1)c1ccco1. The van der Waals surface area contributed by atoms with E-state index in [-0.39, 0.29) is 18.5 Å². The Morgan fingerprint density at radius 1 is 1.31 bits per heavy atom. The van der Waals surface area contributed by atoms with Crippen molar-refractivity contribution in [3.63, 3.8) is 0 Å². The molecule has 2 aromatic rings. The average Bonchev–Trinajstić information content (AvgIpc) is 2.79. The lowest BCUT2D eigenvalue weighted by Crippen LogP contribution is -2.18. The van der Waals surface area contributed by atoms with Crippen LogP contribution in [0.3, 0.4) is 0 Å². The van der Waals surface area contributed by atoms with Crippen LogP contribution in [0, 0.1) is 5.82 Å². The molecule has 1 aromatic carbocycles. The third-order valence-corrected chi connectivity index (χ3v) is 2.13. The highest BCUT2D eigenvalue weighted by atomic mass is 19.1. The number of nitrogens with two attached hydrogens (primary N) is 1. The van der Waals surface area contributed by atoms with Crippen LogP contribution in [0.4, 0.5) is 4.39 Å². The molecule has 0 fully saturated rings. The molecule has 4 heteroatoms. The van der Waals surface area contributed by atoms with Crippen LogP contribution in [-0.2, 0) is 0 Å².